The van der Waals surface area contributed by atoms with Crippen LogP contribution in [0.2, 0.25) is 0 Å². The van der Waals surface area contributed by atoms with Crippen LogP contribution in [-0.2, 0) is 16.0 Å². The Morgan fingerprint density at radius 3 is 2.40 bits per heavy atom. The van der Waals surface area contributed by atoms with E-state index >= 15 is 0 Å². The van der Waals surface area contributed by atoms with Crippen LogP contribution in [0.1, 0.15) is 86.3 Å². The highest BCUT2D eigenvalue weighted by Gasteiger charge is 2.33. The molecule has 0 radical (unpaired) electrons. The smallest absolute Gasteiger partial charge is 0.421 e. The first kappa shape index (κ1) is 33.9. The number of rotatable bonds is 6. The molecule has 0 saturated heterocycles. The van der Waals surface area contributed by atoms with Crippen molar-refractivity contribution in [2.75, 3.05) is 4.90 Å². The fourth-order valence-electron chi connectivity index (χ4n) is 5.29. The number of benzene rings is 2. The summed E-state index contributed by atoms with van der Waals surface area (Å²) < 4.78 is 9.29. The molecule has 9 heteroatoms. The molecule has 0 saturated carbocycles. The van der Waals surface area contributed by atoms with E-state index in [1.807, 2.05) is 75.7 Å². The molecule has 48 heavy (non-hydrogen) atoms. The van der Waals surface area contributed by atoms with Crippen LogP contribution in [0.5, 0.6) is 0 Å². The SMILES string of the molecule is Cc1cc(CC(=O)c2ccc(C)c(C#Cc3cnc4c(N(C(=O)CC(C)(C)C)C(=O)OC(C)(C)C)cccn34)c2)cc(-n2ccnc2)c1. The van der Waals surface area contributed by atoms with Crippen LogP contribution in [0.3, 0.4) is 0 Å². The van der Waals surface area contributed by atoms with E-state index in [0.29, 0.717) is 28.2 Å². The Hall–Kier alpha value is -5.49. The Balaban J connectivity index is 1.44. The van der Waals surface area contributed by atoms with Crippen LogP contribution in [0.15, 0.2) is 79.6 Å². The van der Waals surface area contributed by atoms with Crippen molar-refractivity contribution < 1.29 is 19.1 Å². The summed E-state index contributed by atoms with van der Waals surface area (Å²) in [6, 6.07) is 15.0. The fraction of sp³-hybridized carbons (Fsp3) is 0.308. The van der Waals surface area contributed by atoms with Crippen molar-refractivity contribution in [3.05, 3.63) is 113 Å². The van der Waals surface area contributed by atoms with E-state index in [2.05, 4.69) is 27.9 Å². The van der Waals surface area contributed by atoms with Gasteiger partial charge in [0.25, 0.3) is 0 Å². The number of pyridine rings is 1. The maximum absolute atomic E-state index is 13.5. The minimum absolute atomic E-state index is 0.0122. The lowest BCUT2D eigenvalue weighted by Gasteiger charge is -2.28. The number of aromatic nitrogens is 4. The van der Waals surface area contributed by atoms with Crippen molar-refractivity contribution in [2.45, 2.75) is 73.8 Å². The Morgan fingerprint density at radius 1 is 0.938 bits per heavy atom. The number of nitrogens with zero attached hydrogens (tertiary/aromatic N) is 5. The van der Waals surface area contributed by atoms with Crippen LogP contribution in [0, 0.1) is 31.1 Å². The number of carbonyl (C=O) groups excluding carboxylic acids is 3. The Bertz CT molecular complexity index is 2040. The van der Waals surface area contributed by atoms with E-state index in [1.165, 1.54) is 0 Å². The maximum atomic E-state index is 13.5. The molecule has 0 aliphatic carbocycles. The molecule has 0 aliphatic rings. The van der Waals surface area contributed by atoms with Crippen LogP contribution >= 0.6 is 0 Å². The standard InChI is InChI=1S/C39H41N5O4/c1-26-18-28(20-32(19-26)42-17-15-40-25-42)21-34(45)30-12-11-27(2)29(22-30)13-14-31-24-41-36-33(10-9-16-43(31)36)44(35(46)23-38(3,4)5)37(47)48-39(6,7)8/h9-12,15-20,22,24-25H,21,23H2,1-8H3. The van der Waals surface area contributed by atoms with E-state index in [9.17, 15) is 14.4 Å². The minimum Gasteiger partial charge on any atom is -0.443 e. The van der Waals surface area contributed by atoms with Gasteiger partial charge >= 0.3 is 6.09 Å². The van der Waals surface area contributed by atoms with E-state index in [0.717, 1.165) is 27.3 Å². The molecule has 246 valence electrons. The molecule has 2 amide bonds. The number of anilines is 1. The van der Waals surface area contributed by atoms with E-state index in [4.69, 9.17) is 4.74 Å². The van der Waals surface area contributed by atoms with Gasteiger partial charge in [0.05, 0.1) is 18.2 Å². The van der Waals surface area contributed by atoms with E-state index in [1.54, 1.807) is 62.2 Å². The monoisotopic (exact) mass is 643 g/mol. The number of carbonyl (C=O) groups is 3. The van der Waals surface area contributed by atoms with Crippen molar-refractivity contribution in [3.63, 3.8) is 0 Å². The zero-order valence-electron chi connectivity index (χ0n) is 28.8. The molecule has 3 heterocycles. The first-order chi connectivity index (χ1) is 22.6. The molecular weight excluding hydrogens is 602 g/mol. The lowest BCUT2D eigenvalue weighted by atomic mass is 9.91. The van der Waals surface area contributed by atoms with Crippen molar-refractivity contribution in [1.29, 1.82) is 0 Å². The predicted octanol–water partition coefficient (Wildman–Crippen LogP) is 7.67. The van der Waals surface area contributed by atoms with Crippen molar-refractivity contribution in [1.82, 2.24) is 18.9 Å². The van der Waals surface area contributed by atoms with E-state index in [-0.39, 0.29) is 29.9 Å². The maximum Gasteiger partial charge on any atom is 0.421 e. The third-order valence-electron chi connectivity index (χ3n) is 7.44. The summed E-state index contributed by atoms with van der Waals surface area (Å²) in [5.41, 5.74) is 5.24. The third kappa shape index (κ3) is 8.07. The van der Waals surface area contributed by atoms with Crippen LogP contribution in [0.4, 0.5) is 10.5 Å². The molecular formula is C39H41N5O4. The molecule has 0 fully saturated rings. The van der Waals surface area contributed by atoms with Gasteiger partial charge in [-0.3, -0.25) is 14.0 Å². The Labute approximate surface area is 281 Å². The van der Waals surface area contributed by atoms with Crippen molar-refractivity contribution >= 4 is 29.1 Å². The van der Waals surface area contributed by atoms with Gasteiger partial charge in [-0.25, -0.2) is 19.7 Å². The second-order valence-corrected chi connectivity index (χ2v) is 14.2. The lowest BCUT2D eigenvalue weighted by Crippen LogP contribution is -2.42. The van der Waals surface area contributed by atoms with Gasteiger partial charge < -0.3 is 9.30 Å². The lowest BCUT2D eigenvalue weighted by molar-refractivity contribution is -0.120. The number of ketones is 1. The molecule has 9 nitrogen and oxygen atoms in total. The predicted molar refractivity (Wildman–Crippen MR) is 186 cm³/mol. The number of Topliss-reactive ketones (excluding diaryl/α,β-unsaturated/α-hetero) is 1. The normalized spacial score (nSPS) is 11.6. The van der Waals surface area contributed by atoms with Gasteiger partial charge in [0.15, 0.2) is 11.4 Å². The summed E-state index contributed by atoms with van der Waals surface area (Å²) in [7, 11) is 0. The molecule has 5 aromatic rings. The van der Waals surface area contributed by atoms with Gasteiger partial charge in [-0.15, -0.1) is 0 Å². The number of aryl methyl sites for hydroxylation is 2. The molecule has 0 N–H and O–H groups in total. The highest BCUT2D eigenvalue weighted by atomic mass is 16.6. The zero-order valence-corrected chi connectivity index (χ0v) is 28.8. The zero-order chi connectivity index (χ0) is 34.8. The number of imidazole rings is 2. The molecule has 5 rings (SSSR count). The first-order valence-electron chi connectivity index (χ1n) is 15.8. The second-order valence-electron chi connectivity index (χ2n) is 14.2. The largest absolute Gasteiger partial charge is 0.443 e. The number of hydrogen-bond acceptors (Lipinski definition) is 6. The van der Waals surface area contributed by atoms with E-state index < -0.39 is 11.7 Å². The van der Waals surface area contributed by atoms with Gasteiger partial charge in [0, 0.05) is 48.2 Å². The number of hydrogen-bond donors (Lipinski definition) is 0. The Kier molecular flexibility index (Phi) is 9.40. The topological polar surface area (TPSA) is 98.8 Å². The van der Waals surface area contributed by atoms with Gasteiger partial charge in [-0.2, -0.15) is 0 Å². The average molecular weight is 644 g/mol. The highest BCUT2D eigenvalue weighted by molar-refractivity contribution is 6.14. The van der Waals surface area contributed by atoms with Crippen molar-refractivity contribution in [3.8, 4) is 17.5 Å². The third-order valence-corrected chi connectivity index (χ3v) is 7.44. The summed E-state index contributed by atoms with van der Waals surface area (Å²) in [5.74, 6) is 6.00. The highest BCUT2D eigenvalue weighted by Crippen LogP contribution is 2.28. The number of ether oxygens (including phenoxy) is 1. The molecule has 0 atom stereocenters. The molecule has 0 bridgehead atoms. The summed E-state index contributed by atoms with van der Waals surface area (Å²) in [4.78, 5) is 50.0. The molecule has 0 spiro atoms. The van der Waals surface area contributed by atoms with Crippen LogP contribution in [0.25, 0.3) is 11.3 Å². The van der Waals surface area contributed by atoms with Crippen LogP contribution in [-0.4, -0.2) is 42.3 Å². The minimum atomic E-state index is -0.800. The summed E-state index contributed by atoms with van der Waals surface area (Å²) in [5, 5.41) is 0. The summed E-state index contributed by atoms with van der Waals surface area (Å²) in [6.45, 7) is 15.0. The van der Waals surface area contributed by atoms with Crippen LogP contribution < -0.4 is 4.90 Å². The van der Waals surface area contributed by atoms with Gasteiger partial charge in [0.2, 0.25) is 5.91 Å². The first-order valence-corrected chi connectivity index (χ1v) is 15.8. The van der Waals surface area contributed by atoms with Gasteiger partial charge in [-0.05, 0) is 93.0 Å². The number of fused-ring (bicyclic) bond motifs is 1. The number of amides is 2. The molecule has 0 aliphatic heterocycles. The number of imide groups is 1. The quantitative estimate of drug-likeness (QED) is 0.139. The molecule has 0 unspecified atom stereocenters. The summed E-state index contributed by atoms with van der Waals surface area (Å²) >= 11 is 0. The van der Waals surface area contributed by atoms with Gasteiger partial charge in [0.1, 0.15) is 11.3 Å². The molecule has 3 aromatic heterocycles. The van der Waals surface area contributed by atoms with Gasteiger partial charge in [-0.1, -0.05) is 44.9 Å². The summed E-state index contributed by atoms with van der Waals surface area (Å²) in [6.07, 6.45) is 8.33. The second kappa shape index (κ2) is 13.3. The fourth-order valence-corrected chi connectivity index (χ4v) is 5.29. The average Bonchev–Trinajstić information content (AvgIpc) is 3.66. The Morgan fingerprint density at radius 2 is 1.71 bits per heavy atom. The van der Waals surface area contributed by atoms with Crippen molar-refractivity contribution in [2.24, 2.45) is 5.41 Å². The molecule has 2 aromatic carbocycles.